The van der Waals surface area contributed by atoms with E-state index >= 15 is 0 Å². The van der Waals surface area contributed by atoms with Crippen LogP contribution in [0.2, 0.25) is 0 Å². The first kappa shape index (κ1) is 18.5. The Bertz CT molecular complexity index is 803. The molecule has 1 heterocycles. The third-order valence-electron chi connectivity index (χ3n) is 8.08. The maximum absolute atomic E-state index is 13.0. The van der Waals surface area contributed by atoms with Crippen LogP contribution in [0.5, 0.6) is 0 Å². The van der Waals surface area contributed by atoms with Gasteiger partial charge in [0.15, 0.2) is 11.5 Å². The lowest BCUT2D eigenvalue weighted by molar-refractivity contribution is -0.192. The Morgan fingerprint density at radius 1 is 1.26 bits per heavy atom. The zero-order valence-corrected chi connectivity index (χ0v) is 16.9. The highest BCUT2D eigenvalue weighted by Gasteiger charge is 2.64. The molecule has 146 valence electrons. The van der Waals surface area contributed by atoms with Gasteiger partial charge in [0.1, 0.15) is 5.60 Å². The van der Waals surface area contributed by atoms with Crippen LogP contribution < -0.4 is 0 Å². The molecule has 0 N–H and O–H groups in total. The van der Waals surface area contributed by atoms with Gasteiger partial charge in [0.2, 0.25) is 11.6 Å². The monoisotopic (exact) mass is 370 g/mol. The number of hydrogen-bond acceptors (Lipinski definition) is 4. The van der Waals surface area contributed by atoms with E-state index in [2.05, 4.69) is 27.4 Å². The highest BCUT2D eigenvalue weighted by atomic mass is 16.5. The summed E-state index contributed by atoms with van der Waals surface area (Å²) in [6.07, 6.45) is 7.09. The highest BCUT2D eigenvalue weighted by Crippen LogP contribution is 2.67. The molecule has 0 aromatic rings. The smallest absolute Gasteiger partial charge is 0.227 e. The number of allylic oxidation sites excluding steroid dienone is 3. The van der Waals surface area contributed by atoms with Crippen molar-refractivity contribution in [2.75, 3.05) is 6.61 Å². The lowest BCUT2D eigenvalue weighted by atomic mass is 9.44. The van der Waals surface area contributed by atoms with E-state index in [1.165, 1.54) is 11.6 Å². The van der Waals surface area contributed by atoms with Gasteiger partial charge in [-0.1, -0.05) is 26.0 Å². The number of fused-ring (bicyclic) bond motifs is 3. The molecule has 4 nitrogen and oxygen atoms in total. The molecule has 2 fully saturated rings. The predicted molar refractivity (Wildman–Crippen MR) is 103 cm³/mol. The summed E-state index contributed by atoms with van der Waals surface area (Å²) in [5.74, 6) is 0.378. The fourth-order valence-electron chi connectivity index (χ4n) is 6.15. The Labute approximate surface area is 161 Å². The van der Waals surface area contributed by atoms with Gasteiger partial charge in [-0.3, -0.25) is 9.59 Å². The lowest BCUT2D eigenvalue weighted by Gasteiger charge is -2.64. The fourth-order valence-corrected chi connectivity index (χ4v) is 6.15. The molecule has 0 radical (unpaired) electrons. The maximum Gasteiger partial charge on any atom is 0.227 e. The molecule has 4 unspecified atom stereocenters. The summed E-state index contributed by atoms with van der Waals surface area (Å²) in [7, 11) is 0. The minimum atomic E-state index is -0.444. The molecular weight excluding hydrogens is 340 g/mol. The van der Waals surface area contributed by atoms with E-state index in [0.29, 0.717) is 24.5 Å². The van der Waals surface area contributed by atoms with Crippen molar-refractivity contribution in [2.24, 2.45) is 16.7 Å². The van der Waals surface area contributed by atoms with Crippen LogP contribution in [0.15, 0.2) is 35.3 Å². The quantitative estimate of drug-likeness (QED) is 0.524. The van der Waals surface area contributed by atoms with E-state index in [9.17, 15) is 9.59 Å². The van der Waals surface area contributed by atoms with Crippen molar-refractivity contribution in [3.63, 3.8) is 0 Å². The molecule has 0 bridgehead atoms. The van der Waals surface area contributed by atoms with E-state index in [1.54, 1.807) is 0 Å². The van der Waals surface area contributed by atoms with Crippen molar-refractivity contribution in [1.82, 2.24) is 0 Å². The number of carbonyl (C=O) groups is 2. The van der Waals surface area contributed by atoms with Gasteiger partial charge in [-0.05, 0) is 63.7 Å². The Hall–Kier alpha value is -1.84. The second-order valence-corrected chi connectivity index (χ2v) is 9.34. The van der Waals surface area contributed by atoms with Crippen molar-refractivity contribution >= 4 is 11.6 Å². The van der Waals surface area contributed by atoms with Gasteiger partial charge >= 0.3 is 0 Å². The first-order valence-electron chi connectivity index (χ1n) is 10.2. The summed E-state index contributed by atoms with van der Waals surface area (Å²) in [5.41, 5.74) is 1.26. The van der Waals surface area contributed by atoms with E-state index in [1.807, 2.05) is 6.92 Å². The largest absolute Gasteiger partial charge is 0.490 e. The Balaban J connectivity index is 1.78. The number of ether oxygens (including phenoxy) is 2. The van der Waals surface area contributed by atoms with E-state index in [0.717, 1.165) is 32.1 Å². The van der Waals surface area contributed by atoms with Crippen LogP contribution in [0.25, 0.3) is 0 Å². The van der Waals surface area contributed by atoms with Crippen molar-refractivity contribution in [1.29, 1.82) is 0 Å². The van der Waals surface area contributed by atoms with Crippen LogP contribution in [0.4, 0.5) is 0 Å². The lowest BCUT2D eigenvalue weighted by Crippen LogP contribution is -2.62. The van der Waals surface area contributed by atoms with Crippen LogP contribution in [0.1, 0.15) is 66.2 Å². The summed E-state index contributed by atoms with van der Waals surface area (Å²) >= 11 is 0. The molecule has 2 saturated carbocycles. The van der Waals surface area contributed by atoms with Gasteiger partial charge in [0.05, 0.1) is 12.2 Å². The Morgan fingerprint density at radius 2 is 2.00 bits per heavy atom. The Kier molecular flexibility index (Phi) is 4.00. The van der Waals surface area contributed by atoms with Crippen LogP contribution in [-0.4, -0.2) is 23.8 Å². The van der Waals surface area contributed by atoms with E-state index in [-0.39, 0.29) is 33.9 Å². The predicted octanol–water partition coefficient (Wildman–Crippen LogP) is 4.65. The maximum atomic E-state index is 13.0. The molecule has 0 saturated heterocycles. The molecule has 4 rings (SSSR count). The summed E-state index contributed by atoms with van der Waals surface area (Å²) in [5, 5.41) is 0. The van der Waals surface area contributed by atoms with Gasteiger partial charge in [0, 0.05) is 11.5 Å². The van der Waals surface area contributed by atoms with Gasteiger partial charge < -0.3 is 9.47 Å². The molecule has 0 aromatic carbocycles. The molecule has 0 aromatic heterocycles. The summed E-state index contributed by atoms with van der Waals surface area (Å²) in [6.45, 7) is 13.3. The average molecular weight is 370 g/mol. The highest BCUT2D eigenvalue weighted by molar-refractivity contribution is 6.21. The van der Waals surface area contributed by atoms with Crippen LogP contribution in [0, 0.1) is 16.7 Å². The second-order valence-electron chi connectivity index (χ2n) is 9.34. The molecule has 3 aliphatic carbocycles. The van der Waals surface area contributed by atoms with Gasteiger partial charge in [0.25, 0.3) is 0 Å². The minimum Gasteiger partial charge on any atom is -0.490 e. The molecule has 1 aliphatic heterocycles. The first-order valence-corrected chi connectivity index (χ1v) is 10.2. The van der Waals surface area contributed by atoms with Crippen molar-refractivity contribution in [3.8, 4) is 0 Å². The number of Topliss-reactive ketones (excluding diaryl/α,β-unsaturated/α-hetero) is 1. The number of carbonyl (C=O) groups excluding carboxylic acids is 2. The summed E-state index contributed by atoms with van der Waals surface area (Å²) in [6, 6.07) is 0. The van der Waals surface area contributed by atoms with Crippen molar-refractivity contribution in [3.05, 3.63) is 35.3 Å². The van der Waals surface area contributed by atoms with Crippen LogP contribution in [0.3, 0.4) is 0 Å². The summed E-state index contributed by atoms with van der Waals surface area (Å²) < 4.78 is 11.8. The molecule has 27 heavy (non-hydrogen) atoms. The molecule has 0 spiro atoms. The normalized spacial score (nSPS) is 41.3. The van der Waals surface area contributed by atoms with Crippen molar-refractivity contribution < 1.29 is 19.1 Å². The average Bonchev–Trinajstić information content (AvgIpc) is 2.61. The molecule has 4 atom stereocenters. The van der Waals surface area contributed by atoms with Crippen LogP contribution >= 0.6 is 0 Å². The molecule has 4 heteroatoms. The van der Waals surface area contributed by atoms with Gasteiger partial charge in [-0.15, -0.1) is 0 Å². The molecule has 0 amide bonds. The zero-order valence-electron chi connectivity index (χ0n) is 16.9. The third kappa shape index (κ3) is 2.34. The first-order chi connectivity index (χ1) is 12.7. The molecular formula is C23H30O4. The van der Waals surface area contributed by atoms with Gasteiger partial charge in [-0.2, -0.15) is 0 Å². The summed E-state index contributed by atoms with van der Waals surface area (Å²) in [4.78, 5) is 25.7. The second kappa shape index (κ2) is 5.83. The number of rotatable bonds is 2. The standard InChI is InChI=1S/C23H30O4/c1-6-26-17-12-16(24)20-15(19(17)25)13-22(4)18-9-7-8-14(2)21(18,3)10-11-23(22,5)27-20/h12,18H,2,6-11,13H2,1,3-5H3. The van der Waals surface area contributed by atoms with E-state index in [4.69, 9.17) is 9.47 Å². The van der Waals surface area contributed by atoms with Crippen LogP contribution in [-0.2, 0) is 19.1 Å². The Morgan fingerprint density at radius 3 is 2.70 bits per heavy atom. The zero-order chi connectivity index (χ0) is 19.6. The topological polar surface area (TPSA) is 52.6 Å². The number of ketones is 2. The van der Waals surface area contributed by atoms with E-state index < -0.39 is 5.60 Å². The minimum absolute atomic E-state index is 0.0776. The number of hydrogen-bond donors (Lipinski definition) is 0. The molecule has 4 aliphatic rings. The SMILES string of the molecule is C=C1CCCC2C1(C)CCC1(C)OC3=C(CC21C)C(=O)C(OCC)=CC3=O. The fraction of sp³-hybridized carbons (Fsp3) is 0.652. The van der Waals surface area contributed by atoms with Crippen molar-refractivity contribution in [2.45, 2.75) is 71.8 Å². The van der Waals surface area contributed by atoms with Gasteiger partial charge in [-0.25, -0.2) is 0 Å². The third-order valence-corrected chi connectivity index (χ3v) is 8.08.